The van der Waals surface area contributed by atoms with Gasteiger partial charge in [0.15, 0.2) is 6.10 Å². The fourth-order valence-electron chi connectivity index (χ4n) is 2.48. The maximum atomic E-state index is 12.6. The number of carbonyl (C=O) groups is 3. The molecule has 0 saturated carbocycles. The lowest BCUT2D eigenvalue weighted by Crippen LogP contribution is -2.25. The Balaban J connectivity index is 2.19. The van der Waals surface area contributed by atoms with Crippen molar-refractivity contribution < 1.29 is 23.9 Å². The zero-order valence-electron chi connectivity index (χ0n) is 14.3. The molecule has 2 rings (SSSR count). The van der Waals surface area contributed by atoms with Gasteiger partial charge in [-0.15, -0.1) is 0 Å². The summed E-state index contributed by atoms with van der Waals surface area (Å²) in [5, 5.41) is 0.494. The van der Waals surface area contributed by atoms with E-state index < -0.39 is 23.8 Å². The quantitative estimate of drug-likeness (QED) is 0.649. The van der Waals surface area contributed by atoms with Gasteiger partial charge in [0.05, 0.1) is 23.9 Å². The number of aromatic nitrogens is 1. The highest BCUT2D eigenvalue weighted by atomic mass is 35.5. The second-order valence-corrected chi connectivity index (χ2v) is 5.97. The molecule has 0 aliphatic rings. The van der Waals surface area contributed by atoms with E-state index in [-0.39, 0.29) is 5.69 Å². The monoisotopic (exact) mass is 363 g/mol. The van der Waals surface area contributed by atoms with Crippen LogP contribution in [-0.2, 0) is 9.47 Å². The first-order valence-corrected chi connectivity index (χ1v) is 7.92. The molecule has 0 spiro atoms. The fourth-order valence-corrected chi connectivity index (χ4v) is 2.60. The molecule has 0 fully saturated rings. The van der Waals surface area contributed by atoms with E-state index in [0.717, 1.165) is 0 Å². The first-order valence-electron chi connectivity index (χ1n) is 7.54. The van der Waals surface area contributed by atoms with E-state index in [2.05, 4.69) is 4.98 Å². The van der Waals surface area contributed by atoms with Crippen molar-refractivity contribution in [1.29, 1.82) is 0 Å². The minimum Gasteiger partial charge on any atom is -0.465 e. The standard InChI is InChI=1S/C18H18ClNO5/c1-9-14(18(23)24-4)10(2)20-15(9)16(21)11(3)25-17(22)12-5-7-13(19)8-6-12/h5-8,11,20H,1-4H3. The zero-order chi connectivity index (χ0) is 18.7. The van der Waals surface area contributed by atoms with E-state index in [9.17, 15) is 14.4 Å². The smallest absolute Gasteiger partial charge is 0.339 e. The number of rotatable bonds is 5. The Bertz CT molecular complexity index is 823. The predicted octanol–water partition coefficient (Wildman–Crippen LogP) is 3.50. The molecular weight excluding hydrogens is 346 g/mol. The molecule has 0 amide bonds. The third-order valence-corrected chi connectivity index (χ3v) is 4.06. The van der Waals surface area contributed by atoms with Crippen LogP contribution in [0.3, 0.4) is 0 Å². The largest absolute Gasteiger partial charge is 0.465 e. The normalized spacial score (nSPS) is 11.7. The van der Waals surface area contributed by atoms with Gasteiger partial charge in [-0.1, -0.05) is 11.6 Å². The average molecular weight is 364 g/mol. The number of halogens is 1. The number of nitrogens with one attached hydrogen (secondary N) is 1. The molecule has 0 bridgehead atoms. The van der Waals surface area contributed by atoms with E-state index in [1.165, 1.54) is 26.2 Å². The van der Waals surface area contributed by atoms with Crippen LogP contribution in [0.5, 0.6) is 0 Å². The van der Waals surface area contributed by atoms with Crippen LogP contribution in [0.4, 0.5) is 0 Å². The number of hydrogen-bond acceptors (Lipinski definition) is 5. The van der Waals surface area contributed by atoms with Gasteiger partial charge >= 0.3 is 11.9 Å². The van der Waals surface area contributed by atoms with Crippen molar-refractivity contribution in [3.05, 3.63) is 57.4 Å². The van der Waals surface area contributed by atoms with Crippen molar-refractivity contribution in [2.75, 3.05) is 7.11 Å². The number of esters is 2. The van der Waals surface area contributed by atoms with Gasteiger partial charge in [-0.3, -0.25) is 4.79 Å². The number of aromatic amines is 1. The molecule has 6 nitrogen and oxygen atoms in total. The van der Waals surface area contributed by atoms with Crippen LogP contribution >= 0.6 is 11.6 Å². The highest BCUT2D eigenvalue weighted by Crippen LogP contribution is 2.21. The summed E-state index contributed by atoms with van der Waals surface area (Å²) in [5.41, 5.74) is 1.79. The van der Waals surface area contributed by atoms with Crippen molar-refractivity contribution in [2.24, 2.45) is 0 Å². The van der Waals surface area contributed by atoms with Gasteiger partial charge in [-0.2, -0.15) is 0 Å². The number of ketones is 1. The van der Waals surface area contributed by atoms with Crippen molar-refractivity contribution in [2.45, 2.75) is 26.9 Å². The Hall–Kier alpha value is -2.60. The summed E-state index contributed by atoms with van der Waals surface area (Å²) in [4.78, 5) is 39.4. The molecule has 0 aliphatic heterocycles. The van der Waals surface area contributed by atoms with Crippen LogP contribution in [0.25, 0.3) is 0 Å². The molecule has 132 valence electrons. The lowest BCUT2D eigenvalue weighted by molar-refractivity contribution is 0.0316. The van der Waals surface area contributed by atoms with Gasteiger partial charge in [-0.25, -0.2) is 9.59 Å². The Morgan fingerprint density at radius 3 is 2.24 bits per heavy atom. The number of Topliss-reactive ketones (excluding diaryl/α,β-unsaturated/α-hetero) is 1. The highest BCUT2D eigenvalue weighted by molar-refractivity contribution is 6.30. The van der Waals surface area contributed by atoms with Crippen LogP contribution in [0.2, 0.25) is 5.02 Å². The molecule has 1 heterocycles. The third kappa shape index (κ3) is 3.91. The third-order valence-electron chi connectivity index (χ3n) is 3.81. The second-order valence-electron chi connectivity index (χ2n) is 5.54. The number of benzene rings is 1. The Kier molecular flexibility index (Phi) is 5.64. The van der Waals surface area contributed by atoms with Crippen LogP contribution in [0.1, 0.15) is 49.4 Å². The Morgan fingerprint density at radius 2 is 1.68 bits per heavy atom. The lowest BCUT2D eigenvalue weighted by atomic mass is 10.1. The molecule has 2 aromatic rings. The van der Waals surface area contributed by atoms with Gasteiger partial charge in [0.25, 0.3) is 0 Å². The van der Waals surface area contributed by atoms with Gasteiger partial charge in [0, 0.05) is 10.7 Å². The molecule has 1 unspecified atom stereocenters. The van der Waals surface area contributed by atoms with E-state index in [1.54, 1.807) is 26.0 Å². The van der Waals surface area contributed by atoms with E-state index in [4.69, 9.17) is 21.1 Å². The fraction of sp³-hybridized carbons (Fsp3) is 0.278. The van der Waals surface area contributed by atoms with Gasteiger partial charge < -0.3 is 14.5 Å². The van der Waals surface area contributed by atoms with E-state index >= 15 is 0 Å². The molecule has 0 saturated heterocycles. The maximum absolute atomic E-state index is 12.6. The topological polar surface area (TPSA) is 85.5 Å². The van der Waals surface area contributed by atoms with Crippen molar-refractivity contribution in [1.82, 2.24) is 4.98 Å². The summed E-state index contributed by atoms with van der Waals surface area (Å²) in [6, 6.07) is 6.15. The SMILES string of the molecule is COC(=O)c1c(C)[nH]c(C(=O)C(C)OC(=O)c2ccc(Cl)cc2)c1C. The number of methoxy groups -OCH3 is 1. The first kappa shape index (κ1) is 18.7. The average Bonchev–Trinajstić information content (AvgIpc) is 2.88. The summed E-state index contributed by atoms with van der Waals surface area (Å²) in [6.45, 7) is 4.78. The molecule has 1 aromatic carbocycles. The number of aryl methyl sites for hydroxylation is 1. The number of ether oxygens (including phenoxy) is 2. The lowest BCUT2D eigenvalue weighted by Gasteiger charge is -2.12. The minimum atomic E-state index is -1.02. The molecule has 7 heteroatoms. The molecule has 1 N–H and O–H groups in total. The molecular formula is C18H18ClNO5. The number of carbonyl (C=O) groups excluding carboxylic acids is 3. The molecule has 25 heavy (non-hydrogen) atoms. The number of hydrogen-bond donors (Lipinski definition) is 1. The Labute approximate surface area is 150 Å². The molecule has 0 radical (unpaired) electrons. The van der Waals surface area contributed by atoms with Gasteiger partial charge in [-0.05, 0) is 50.6 Å². The molecule has 0 aliphatic carbocycles. The van der Waals surface area contributed by atoms with Crippen LogP contribution in [0.15, 0.2) is 24.3 Å². The van der Waals surface area contributed by atoms with E-state index in [1.807, 2.05) is 0 Å². The zero-order valence-corrected chi connectivity index (χ0v) is 15.1. The molecule has 1 aromatic heterocycles. The van der Waals surface area contributed by atoms with Crippen LogP contribution in [0, 0.1) is 13.8 Å². The van der Waals surface area contributed by atoms with E-state index in [0.29, 0.717) is 27.4 Å². The van der Waals surface area contributed by atoms with Crippen molar-refractivity contribution in [3.8, 4) is 0 Å². The maximum Gasteiger partial charge on any atom is 0.339 e. The summed E-state index contributed by atoms with van der Waals surface area (Å²) in [7, 11) is 1.27. The van der Waals surface area contributed by atoms with Gasteiger partial charge in [0.1, 0.15) is 0 Å². The summed E-state index contributed by atoms with van der Waals surface area (Å²) in [6.07, 6.45) is -1.02. The van der Waals surface area contributed by atoms with Crippen LogP contribution < -0.4 is 0 Å². The van der Waals surface area contributed by atoms with Crippen LogP contribution in [-0.4, -0.2) is 35.9 Å². The number of H-pyrrole nitrogens is 1. The highest BCUT2D eigenvalue weighted by Gasteiger charge is 2.27. The second kappa shape index (κ2) is 7.53. The van der Waals surface area contributed by atoms with Gasteiger partial charge in [0.2, 0.25) is 5.78 Å². The summed E-state index contributed by atoms with van der Waals surface area (Å²) >= 11 is 5.78. The molecule has 1 atom stereocenters. The predicted molar refractivity (Wildman–Crippen MR) is 92.3 cm³/mol. The van der Waals surface area contributed by atoms with Crippen molar-refractivity contribution >= 4 is 29.3 Å². The summed E-state index contributed by atoms with van der Waals surface area (Å²) in [5.74, 6) is -1.60. The van der Waals surface area contributed by atoms with Crippen molar-refractivity contribution in [3.63, 3.8) is 0 Å². The Morgan fingerprint density at radius 1 is 1.08 bits per heavy atom. The summed E-state index contributed by atoms with van der Waals surface area (Å²) < 4.78 is 9.93. The first-order chi connectivity index (χ1) is 11.8. The minimum absolute atomic E-state index is 0.217.